The van der Waals surface area contributed by atoms with Crippen LogP contribution in [0, 0.1) is 11.3 Å². The van der Waals surface area contributed by atoms with Gasteiger partial charge in [-0.2, -0.15) is 0 Å². The predicted octanol–water partition coefficient (Wildman–Crippen LogP) is 3.42. The zero-order valence-corrected chi connectivity index (χ0v) is 16.8. The molecular formula is C24H28N2O3. The molecule has 1 saturated carbocycles. The highest BCUT2D eigenvalue weighted by Gasteiger charge is 2.54. The second kappa shape index (κ2) is 7.99. The first-order chi connectivity index (χ1) is 14.0. The third-order valence-electron chi connectivity index (χ3n) is 6.74. The maximum Gasteiger partial charge on any atom is 0.311 e. The highest BCUT2D eigenvalue weighted by Crippen LogP contribution is 2.48. The number of likely N-dealkylation sites (tertiary alicyclic amines) is 1. The van der Waals surface area contributed by atoms with Gasteiger partial charge in [0.05, 0.1) is 18.0 Å². The van der Waals surface area contributed by atoms with E-state index in [2.05, 4.69) is 0 Å². The number of amides is 1. The smallest absolute Gasteiger partial charge is 0.311 e. The van der Waals surface area contributed by atoms with Crippen molar-refractivity contribution in [2.24, 2.45) is 11.3 Å². The topological polar surface area (TPSA) is 60.9 Å². The van der Waals surface area contributed by atoms with Crippen LogP contribution >= 0.6 is 0 Å². The number of hydrogen-bond donors (Lipinski definition) is 1. The number of nitrogens with zero attached hydrogens (tertiary/aromatic N) is 2. The molecule has 2 aromatic rings. The molecule has 1 heterocycles. The molecule has 2 atom stereocenters. The van der Waals surface area contributed by atoms with Crippen molar-refractivity contribution < 1.29 is 14.7 Å². The molecule has 1 aliphatic heterocycles. The van der Waals surface area contributed by atoms with Crippen molar-refractivity contribution in [3.8, 4) is 0 Å². The summed E-state index contributed by atoms with van der Waals surface area (Å²) in [6, 6.07) is 19.9. The maximum atomic E-state index is 13.2. The van der Waals surface area contributed by atoms with Crippen molar-refractivity contribution in [3.63, 3.8) is 0 Å². The van der Waals surface area contributed by atoms with Gasteiger partial charge < -0.3 is 10.0 Å². The van der Waals surface area contributed by atoms with Crippen LogP contribution in [-0.4, -0.2) is 53.5 Å². The predicted molar refractivity (Wildman–Crippen MR) is 111 cm³/mol. The van der Waals surface area contributed by atoms with Crippen LogP contribution < -0.4 is 0 Å². The lowest BCUT2D eigenvalue weighted by Gasteiger charge is -2.31. The summed E-state index contributed by atoms with van der Waals surface area (Å²) in [6.45, 7) is 1.44. The summed E-state index contributed by atoms with van der Waals surface area (Å²) < 4.78 is 0. The molecule has 1 amide bonds. The highest BCUT2D eigenvalue weighted by atomic mass is 16.4. The molecular weight excluding hydrogens is 364 g/mol. The Morgan fingerprint density at radius 2 is 1.69 bits per heavy atom. The molecule has 0 aromatic heterocycles. The molecule has 2 aliphatic rings. The molecule has 1 aliphatic carbocycles. The van der Waals surface area contributed by atoms with Gasteiger partial charge in [0.1, 0.15) is 0 Å². The van der Waals surface area contributed by atoms with Gasteiger partial charge >= 0.3 is 5.97 Å². The molecule has 0 radical (unpaired) electrons. The van der Waals surface area contributed by atoms with E-state index < -0.39 is 11.4 Å². The molecule has 0 unspecified atom stereocenters. The first-order valence-corrected chi connectivity index (χ1v) is 10.3. The summed E-state index contributed by atoms with van der Waals surface area (Å²) in [5.74, 6) is -0.518. The Bertz CT molecular complexity index is 831. The normalized spacial score (nSPS) is 23.9. The van der Waals surface area contributed by atoms with Gasteiger partial charge in [-0.05, 0) is 29.9 Å². The van der Waals surface area contributed by atoms with Crippen LogP contribution in [0.5, 0.6) is 0 Å². The lowest BCUT2D eigenvalue weighted by atomic mass is 9.81. The Labute approximate surface area is 171 Å². The average molecular weight is 392 g/mol. The Kier molecular flexibility index (Phi) is 5.41. The summed E-state index contributed by atoms with van der Waals surface area (Å²) in [7, 11) is 1.84. The molecule has 152 valence electrons. The second-order valence-electron chi connectivity index (χ2n) is 8.45. The van der Waals surface area contributed by atoms with Gasteiger partial charge in [-0.3, -0.25) is 14.5 Å². The van der Waals surface area contributed by atoms with Gasteiger partial charge in [0.2, 0.25) is 5.91 Å². The largest absolute Gasteiger partial charge is 0.481 e. The molecule has 2 aromatic carbocycles. The zero-order chi connectivity index (χ0) is 20.4. The number of likely N-dealkylation sites (N-methyl/N-ethyl adjacent to an activating group) is 1. The molecule has 29 heavy (non-hydrogen) atoms. The third-order valence-corrected chi connectivity index (χ3v) is 6.74. The van der Waals surface area contributed by atoms with Gasteiger partial charge in [0.15, 0.2) is 0 Å². The number of hydrogen-bond acceptors (Lipinski definition) is 3. The van der Waals surface area contributed by atoms with Crippen molar-refractivity contribution in [3.05, 3.63) is 71.8 Å². The van der Waals surface area contributed by atoms with Crippen LogP contribution in [0.2, 0.25) is 0 Å². The Morgan fingerprint density at radius 3 is 2.21 bits per heavy atom. The van der Waals surface area contributed by atoms with Gasteiger partial charge in [-0.25, -0.2) is 0 Å². The SMILES string of the molecule is CN(C(=O)CN1C[C@@H]2CCC[C@@]2(C(=O)O)C1)C(c1ccccc1)c1ccccc1. The van der Waals surface area contributed by atoms with Crippen molar-refractivity contribution in [2.75, 3.05) is 26.7 Å². The van der Waals surface area contributed by atoms with Gasteiger partial charge in [-0.1, -0.05) is 67.1 Å². The number of benzene rings is 2. The van der Waals surface area contributed by atoms with Crippen LogP contribution in [0.4, 0.5) is 0 Å². The molecule has 4 rings (SSSR count). The number of carboxylic acids is 1. The van der Waals surface area contributed by atoms with E-state index in [-0.39, 0.29) is 24.4 Å². The van der Waals surface area contributed by atoms with Gasteiger partial charge in [0, 0.05) is 20.1 Å². The first-order valence-electron chi connectivity index (χ1n) is 10.3. The van der Waals surface area contributed by atoms with Gasteiger partial charge in [-0.15, -0.1) is 0 Å². The van der Waals surface area contributed by atoms with Crippen LogP contribution in [-0.2, 0) is 9.59 Å². The number of carbonyl (C=O) groups excluding carboxylic acids is 1. The van der Waals surface area contributed by atoms with E-state index in [0.29, 0.717) is 13.1 Å². The summed E-state index contributed by atoms with van der Waals surface area (Å²) >= 11 is 0. The van der Waals surface area contributed by atoms with E-state index in [1.807, 2.05) is 72.6 Å². The van der Waals surface area contributed by atoms with E-state index in [1.165, 1.54) is 0 Å². The Hall–Kier alpha value is -2.66. The molecule has 0 bridgehead atoms. The first kappa shape index (κ1) is 19.6. The summed E-state index contributed by atoms with van der Waals surface area (Å²) in [6.07, 6.45) is 2.65. The van der Waals surface area contributed by atoms with E-state index in [9.17, 15) is 14.7 Å². The molecule has 1 N–H and O–H groups in total. The quantitative estimate of drug-likeness (QED) is 0.818. The second-order valence-corrected chi connectivity index (χ2v) is 8.45. The van der Waals surface area contributed by atoms with Crippen LogP contribution in [0.15, 0.2) is 60.7 Å². The fourth-order valence-electron chi connectivity index (χ4n) is 5.22. The van der Waals surface area contributed by atoms with Crippen LogP contribution in [0.25, 0.3) is 0 Å². The summed E-state index contributed by atoms with van der Waals surface area (Å²) in [5.41, 5.74) is 1.47. The van der Waals surface area contributed by atoms with Crippen molar-refractivity contribution in [2.45, 2.75) is 25.3 Å². The highest BCUT2D eigenvalue weighted by molar-refractivity contribution is 5.80. The number of rotatable bonds is 6. The molecule has 1 saturated heterocycles. The van der Waals surface area contributed by atoms with Crippen molar-refractivity contribution in [1.82, 2.24) is 9.80 Å². The van der Waals surface area contributed by atoms with Crippen LogP contribution in [0.3, 0.4) is 0 Å². The maximum absolute atomic E-state index is 13.2. The lowest BCUT2D eigenvalue weighted by molar-refractivity contribution is -0.149. The number of carboxylic acid groups (broad SMARTS) is 1. The van der Waals surface area contributed by atoms with Crippen LogP contribution in [0.1, 0.15) is 36.4 Å². The zero-order valence-electron chi connectivity index (χ0n) is 16.8. The van der Waals surface area contributed by atoms with E-state index in [1.54, 1.807) is 4.90 Å². The minimum absolute atomic E-state index is 0.0169. The fraction of sp³-hybridized carbons (Fsp3) is 0.417. The van der Waals surface area contributed by atoms with E-state index in [4.69, 9.17) is 0 Å². The minimum Gasteiger partial charge on any atom is -0.481 e. The number of carbonyl (C=O) groups is 2. The Morgan fingerprint density at radius 1 is 1.10 bits per heavy atom. The fourth-order valence-corrected chi connectivity index (χ4v) is 5.22. The summed E-state index contributed by atoms with van der Waals surface area (Å²) in [4.78, 5) is 29.0. The summed E-state index contributed by atoms with van der Waals surface area (Å²) in [5, 5.41) is 9.80. The monoisotopic (exact) mass is 392 g/mol. The van der Waals surface area contributed by atoms with E-state index >= 15 is 0 Å². The molecule has 0 spiro atoms. The molecule has 2 fully saturated rings. The lowest BCUT2D eigenvalue weighted by Crippen LogP contribution is -2.41. The van der Waals surface area contributed by atoms with Crippen molar-refractivity contribution in [1.29, 1.82) is 0 Å². The molecule has 5 heteroatoms. The van der Waals surface area contributed by atoms with E-state index in [0.717, 1.165) is 30.4 Å². The van der Waals surface area contributed by atoms with Gasteiger partial charge in [0.25, 0.3) is 0 Å². The molecule has 5 nitrogen and oxygen atoms in total. The standard InChI is InChI=1S/C24H28N2O3/c1-25(22(18-9-4-2-5-10-18)19-11-6-3-7-12-19)21(27)16-26-15-20-13-8-14-24(20,17-26)23(28)29/h2-7,9-12,20,22H,8,13-17H2,1H3,(H,28,29)/t20-,24+/m0/s1. The average Bonchev–Trinajstić information content (AvgIpc) is 3.28. The minimum atomic E-state index is -0.699. The Balaban J connectivity index is 1.52. The number of aliphatic carboxylic acids is 1. The van der Waals surface area contributed by atoms with Crippen molar-refractivity contribution >= 4 is 11.9 Å². The number of fused-ring (bicyclic) bond motifs is 1. The third kappa shape index (κ3) is 3.67.